The normalized spacial score (nSPS) is 15.3. The van der Waals surface area contributed by atoms with Crippen LogP contribution < -0.4 is 5.32 Å². The van der Waals surface area contributed by atoms with Gasteiger partial charge in [-0.2, -0.15) is 5.10 Å². The number of nitrogens with zero attached hydrogens (tertiary/aromatic N) is 4. The molecule has 0 atom stereocenters. The molecule has 4 rings (SSSR count). The Morgan fingerprint density at radius 3 is 2.52 bits per heavy atom. The number of aromatic nitrogens is 3. The Labute approximate surface area is 173 Å². The van der Waals surface area contributed by atoms with E-state index in [-0.39, 0.29) is 0 Å². The monoisotopic (exact) mass is 389 g/mol. The molecular weight excluding hydrogens is 358 g/mol. The number of benzene rings is 1. The quantitative estimate of drug-likeness (QED) is 0.593. The van der Waals surface area contributed by atoms with Crippen molar-refractivity contribution in [2.24, 2.45) is 0 Å². The van der Waals surface area contributed by atoms with Gasteiger partial charge in [0, 0.05) is 49.4 Å². The highest BCUT2D eigenvalue weighted by Crippen LogP contribution is 2.21. The van der Waals surface area contributed by atoms with E-state index in [0.29, 0.717) is 0 Å². The highest BCUT2D eigenvalue weighted by atomic mass is 15.3. The molecule has 0 aliphatic carbocycles. The molecule has 0 spiro atoms. The second-order valence-corrected chi connectivity index (χ2v) is 7.86. The highest BCUT2D eigenvalue weighted by Gasteiger charge is 2.12. The maximum absolute atomic E-state index is 4.88. The van der Waals surface area contributed by atoms with Crippen molar-refractivity contribution >= 4 is 0 Å². The predicted octanol–water partition coefficient (Wildman–Crippen LogP) is 3.96. The SMILES string of the molecule is c1ccc(Cn2cc(CNCCN3CCCCCC3)c(-c3cccnc3)n2)cc1. The smallest absolute Gasteiger partial charge is 0.0983 e. The van der Waals surface area contributed by atoms with E-state index in [1.807, 2.05) is 29.2 Å². The van der Waals surface area contributed by atoms with Crippen LogP contribution in [0.5, 0.6) is 0 Å². The summed E-state index contributed by atoms with van der Waals surface area (Å²) >= 11 is 0. The predicted molar refractivity (Wildman–Crippen MR) is 118 cm³/mol. The first kappa shape index (κ1) is 19.8. The van der Waals surface area contributed by atoms with Gasteiger partial charge in [-0.1, -0.05) is 43.2 Å². The zero-order valence-electron chi connectivity index (χ0n) is 17.1. The van der Waals surface area contributed by atoms with E-state index in [0.717, 1.165) is 37.4 Å². The number of pyridine rings is 1. The lowest BCUT2D eigenvalue weighted by atomic mass is 10.1. The molecule has 1 N–H and O–H groups in total. The van der Waals surface area contributed by atoms with Crippen LogP contribution in [-0.2, 0) is 13.1 Å². The largest absolute Gasteiger partial charge is 0.311 e. The Morgan fingerprint density at radius 2 is 1.76 bits per heavy atom. The lowest BCUT2D eigenvalue weighted by molar-refractivity contribution is 0.284. The van der Waals surface area contributed by atoms with Gasteiger partial charge in [0.1, 0.15) is 0 Å². The Hall–Kier alpha value is -2.50. The number of likely N-dealkylation sites (tertiary alicyclic amines) is 1. The Bertz CT molecular complexity index is 851. The molecule has 1 aliphatic rings. The van der Waals surface area contributed by atoms with Gasteiger partial charge in [0.15, 0.2) is 0 Å². The van der Waals surface area contributed by atoms with Gasteiger partial charge >= 0.3 is 0 Å². The van der Waals surface area contributed by atoms with Crippen LogP contribution in [0.15, 0.2) is 61.1 Å². The molecule has 1 aliphatic heterocycles. The maximum atomic E-state index is 4.88. The standard InChI is InChI=1S/C24H31N5/c1-2-7-15-28(14-6-1)16-13-26-18-23-20-29(19-21-9-4-3-5-10-21)27-24(23)22-11-8-12-25-17-22/h3-5,8-12,17,20,26H,1-2,6-7,13-16,18-19H2. The first-order valence-corrected chi connectivity index (χ1v) is 10.8. The molecule has 1 saturated heterocycles. The Morgan fingerprint density at radius 1 is 0.931 bits per heavy atom. The molecule has 0 saturated carbocycles. The summed E-state index contributed by atoms with van der Waals surface area (Å²) in [6, 6.07) is 14.5. The van der Waals surface area contributed by atoms with E-state index in [1.165, 1.54) is 49.9 Å². The number of hydrogen-bond donors (Lipinski definition) is 1. The highest BCUT2D eigenvalue weighted by molar-refractivity contribution is 5.61. The van der Waals surface area contributed by atoms with Crippen LogP contribution in [0.2, 0.25) is 0 Å². The van der Waals surface area contributed by atoms with Crippen molar-refractivity contribution in [3.63, 3.8) is 0 Å². The van der Waals surface area contributed by atoms with E-state index in [2.05, 4.69) is 51.7 Å². The van der Waals surface area contributed by atoms with E-state index < -0.39 is 0 Å². The van der Waals surface area contributed by atoms with Crippen LogP contribution in [0.4, 0.5) is 0 Å². The molecule has 1 aromatic carbocycles. The summed E-state index contributed by atoms with van der Waals surface area (Å²) in [5, 5.41) is 8.52. The number of hydrogen-bond acceptors (Lipinski definition) is 4. The van der Waals surface area contributed by atoms with Crippen molar-refractivity contribution in [2.45, 2.75) is 38.8 Å². The summed E-state index contributed by atoms with van der Waals surface area (Å²) in [6.07, 6.45) is 11.3. The molecule has 0 bridgehead atoms. The summed E-state index contributed by atoms with van der Waals surface area (Å²) in [5.41, 5.74) is 4.58. The minimum Gasteiger partial charge on any atom is -0.311 e. The van der Waals surface area contributed by atoms with E-state index in [1.54, 1.807) is 0 Å². The fourth-order valence-electron chi connectivity index (χ4n) is 4.01. The average Bonchev–Trinajstić information content (AvgIpc) is 2.98. The first-order chi connectivity index (χ1) is 14.4. The van der Waals surface area contributed by atoms with Crippen molar-refractivity contribution in [3.05, 3.63) is 72.2 Å². The molecule has 2 aromatic heterocycles. The number of rotatable bonds is 8. The van der Waals surface area contributed by atoms with Crippen LogP contribution in [-0.4, -0.2) is 45.8 Å². The van der Waals surface area contributed by atoms with Crippen LogP contribution in [0.1, 0.15) is 36.8 Å². The molecule has 0 amide bonds. The third-order valence-corrected chi connectivity index (χ3v) is 5.58. The van der Waals surface area contributed by atoms with Gasteiger partial charge in [-0.05, 0) is 43.6 Å². The zero-order chi connectivity index (χ0) is 19.7. The lowest BCUT2D eigenvalue weighted by Crippen LogP contribution is -2.32. The van der Waals surface area contributed by atoms with Crippen LogP contribution in [0, 0.1) is 0 Å². The van der Waals surface area contributed by atoms with Crippen LogP contribution >= 0.6 is 0 Å². The van der Waals surface area contributed by atoms with E-state index in [9.17, 15) is 0 Å². The van der Waals surface area contributed by atoms with Gasteiger partial charge in [0.2, 0.25) is 0 Å². The van der Waals surface area contributed by atoms with Crippen LogP contribution in [0.25, 0.3) is 11.3 Å². The van der Waals surface area contributed by atoms with Gasteiger partial charge < -0.3 is 10.2 Å². The van der Waals surface area contributed by atoms with E-state index >= 15 is 0 Å². The van der Waals surface area contributed by atoms with Gasteiger partial charge in [0.05, 0.1) is 12.2 Å². The average molecular weight is 390 g/mol. The third kappa shape index (κ3) is 5.75. The topological polar surface area (TPSA) is 46.0 Å². The van der Waals surface area contributed by atoms with E-state index in [4.69, 9.17) is 5.10 Å². The fraction of sp³-hybridized carbons (Fsp3) is 0.417. The summed E-state index contributed by atoms with van der Waals surface area (Å²) < 4.78 is 2.05. The molecule has 3 aromatic rings. The fourth-order valence-corrected chi connectivity index (χ4v) is 4.01. The summed E-state index contributed by atoms with van der Waals surface area (Å²) in [7, 11) is 0. The van der Waals surface area contributed by atoms with Crippen molar-refractivity contribution in [1.82, 2.24) is 25.0 Å². The Kier molecular flexibility index (Phi) is 7.05. The Balaban J connectivity index is 1.41. The second-order valence-electron chi connectivity index (χ2n) is 7.86. The third-order valence-electron chi connectivity index (χ3n) is 5.58. The first-order valence-electron chi connectivity index (χ1n) is 10.8. The van der Waals surface area contributed by atoms with Gasteiger partial charge in [0.25, 0.3) is 0 Å². The molecule has 0 unspecified atom stereocenters. The maximum Gasteiger partial charge on any atom is 0.0983 e. The molecule has 1 fully saturated rings. The second kappa shape index (κ2) is 10.3. The van der Waals surface area contributed by atoms with Crippen molar-refractivity contribution in [3.8, 4) is 11.3 Å². The molecule has 5 heteroatoms. The summed E-state index contributed by atoms with van der Waals surface area (Å²) in [4.78, 5) is 6.88. The zero-order valence-corrected chi connectivity index (χ0v) is 17.1. The van der Waals surface area contributed by atoms with Gasteiger partial charge in [-0.3, -0.25) is 9.67 Å². The molecular formula is C24H31N5. The van der Waals surface area contributed by atoms with Crippen molar-refractivity contribution in [2.75, 3.05) is 26.2 Å². The minimum absolute atomic E-state index is 0.780. The summed E-state index contributed by atoms with van der Waals surface area (Å²) in [5.74, 6) is 0. The van der Waals surface area contributed by atoms with Crippen molar-refractivity contribution < 1.29 is 0 Å². The van der Waals surface area contributed by atoms with Crippen LogP contribution in [0.3, 0.4) is 0 Å². The molecule has 29 heavy (non-hydrogen) atoms. The molecule has 5 nitrogen and oxygen atoms in total. The van der Waals surface area contributed by atoms with Gasteiger partial charge in [-0.25, -0.2) is 0 Å². The minimum atomic E-state index is 0.780. The lowest BCUT2D eigenvalue weighted by Gasteiger charge is -2.19. The molecule has 0 radical (unpaired) electrons. The number of nitrogens with one attached hydrogen (secondary N) is 1. The molecule has 3 heterocycles. The van der Waals surface area contributed by atoms with Crippen molar-refractivity contribution in [1.29, 1.82) is 0 Å². The molecule has 152 valence electrons. The van der Waals surface area contributed by atoms with Gasteiger partial charge in [-0.15, -0.1) is 0 Å². The summed E-state index contributed by atoms with van der Waals surface area (Å²) in [6.45, 7) is 6.24.